The molecule has 4 aliphatic carbocycles. The summed E-state index contributed by atoms with van der Waals surface area (Å²) >= 11 is 0. The van der Waals surface area contributed by atoms with Gasteiger partial charge < -0.3 is 10.3 Å². The van der Waals surface area contributed by atoms with Gasteiger partial charge in [-0.1, -0.05) is 24.6 Å². The number of fused-ring (bicyclic) bond motifs is 5. The summed E-state index contributed by atoms with van der Waals surface area (Å²) in [5.74, 6) is 0.524. The number of aliphatic hydroxyl groups is 1. The van der Waals surface area contributed by atoms with E-state index < -0.39 is 17.2 Å². The minimum atomic E-state index is -4.57. The molecule has 3 fully saturated rings. The van der Waals surface area contributed by atoms with Crippen molar-refractivity contribution in [2.45, 2.75) is 77.0 Å². The molecule has 0 bridgehead atoms. The average molecular weight is 371 g/mol. The van der Waals surface area contributed by atoms with Crippen LogP contribution >= 0.6 is 0 Å². The van der Waals surface area contributed by atoms with Crippen LogP contribution in [0.2, 0.25) is 0 Å². The molecule has 0 heterocycles. The summed E-state index contributed by atoms with van der Waals surface area (Å²) in [5.41, 5.74) is -1.63. The second-order valence-corrected chi connectivity index (χ2v) is 9.45. The molecule has 0 amide bonds. The Morgan fingerprint density at radius 1 is 1.04 bits per heavy atom. The maximum atomic E-state index is 13.7. The Bertz CT molecular complexity index is 672. The molecule has 0 radical (unpaired) electrons. The van der Waals surface area contributed by atoms with E-state index in [4.69, 9.17) is 5.21 Å². The Morgan fingerprint density at radius 2 is 1.73 bits per heavy atom. The van der Waals surface area contributed by atoms with Gasteiger partial charge in [0.2, 0.25) is 0 Å². The van der Waals surface area contributed by atoms with Crippen molar-refractivity contribution < 1.29 is 23.5 Å². The fraction of sp³-hybridized carbons (Fsp3) is 0.850. The van der Waals surface area contributed by atoms with Gasteiger partial charge in [-0.2, -0.15) is 13.2 Å². The number of halogens is 3. The van der Waals surface area contributed by atoms with Gasteiger partial charge in [-0.25, -0.2) is 0 Å². The van der Waals surface area contributed by atoms with Crippen LogP contribution in [0.15, 0.2) is 16.8 Å². The first kappa shape index (κ1) is 18.3. The van der Waals surface area contributed by atoms with Crippen molar-refractivity contribution in [3.63, 3.8) is 0 Å². The van der Waals surface area contributed by atoms with E-state index in [2.05, 4.69) is 12.1 Å². The molecule has 0 saturated heterocycles. The minimum Gasteiger partial charge on any atom is -0.411 e. The Morgan fingerprint density at radius 3 is 2.38 bits per heavy atom. The molecule has 6 heteroatoms. The van der Waals surface area contributed by atoms with Gasteiger partial charge in [0.25, 0.3) is 0 Å². The fourth-order valence-corrected chi connectivity index (χ4v) is 7.13. The molecule has 2 N–H and O–H groups in total. The first-order chi connectivity index (χ1) is 12.1. The molecule has 0 aromatic rings. The van der Waals surface area contributed by atoms with E-state index in [1.807, 2.05) is 6.08 Å². The van der Waals surface area contributed by atoms with Crippen LogP contribution in [-0.2, 0) is 0 Å². The Kier molecular flexibility index (Phi) is 3.87. The van der Waals surface area contributed by atoms with Crippen LogP contribution in [0.25, 0.3) is 0 Å². The van der Waals surface area contributed by atoms with Crippen molar-refractivity contribution in [3.05, 3.63) is 11.6 Å². The van der Waals surface area contributed by atoms with Crippen LogP contribution in [0.3, 0.4) is 0 Å². The number of hydrogen-bond acceptors (Lipinski definition) is 3. The van der Waals surface area contributed by atoms with Crippen LogP contribution in [0.5, 0.6) is 0 Å². The second kappa shape index (κ2) is 5.49. The van der Waals surface area contributed by atoms with E-state index in [1.54, 1.807) is 6.92 Å². The number of rotatable bonds is 0. The fourth-order valence-electron chi connectivity index (χ4n) is 7.13. The van der Waals surface area contributed by atoms with E-state index in [0.717, 1.165) is 25.7 Å². The van der Waals surface area contributed by atoms with E-state index in [9.17, 15) is 18.3 Å². The van der Waals surface area contributed by atoms with Crippen molar-refractivity contribution in [3.8, 4) is 0 Å². The third-order valence-corrected chi connectivity index (χ3v) is 8.73. The van der Waals surface area contributed by atoms with Gasteiger partial charge in [-0.15, -0.1) is 0 Å². The highest BCUT2D eigenvalue weighted by Crippen LogP contribution is 2.69. The number of oxime groups is 1. The molecule has 146 valence electrons. The summed E-state index contributed by atoms with van der Waals surface area (Å²) in [6.07, 6.45) is 2.24. The summed E-state index contributed by atoms with van der Waals surface area (Å²) in [4.78, 5) is 0. The maximum absolute atomic E-state index is 13.7. The molecule has 0 spiro atoms. The zero-order valence-corrected chi connectivity index (χ0v) is 15.4. The topological polar surface area (TPSA) is 52.8 Å². The Balaban J connectivity index is 1.68. The lowest BCUT2D eigenvalue weighted by atomic mass is 9.46. The third-order valence-electron chi connectivity index (χ3n) is 8.73. The summed E-state index contributed by atoms with van der Waals surface area (Å²) in [6, 6.07) is 0. The van der Waals surface area contributed by atoms with Gasteiger partial charge in [-0.3, -0.25) is 0 Å². The van der Waals surface area contributed by atoms with Crippen LogP contribution < -0.4 is 0 Å². The van der Waals surface area contributed by atoms with Gasteiger partial charge >= 0.3 is 6.18 Å². The smallest absolute Gasteiger partial charge is 0.411 e. The van der Waals surface area contributed by atoms with Crippen molar-refractivity contribution >= 4 is 5.71 Å². The Hall–Kier alpha value is -1.04. The number of allylic oxidation sites excluding steroid dienone is 2. The second-order valence-electron chi connectivity index (χ2n) is 9.45. The minimum absolute atomic E-state index is 0.0165. The van der Waals surface area contributed by atoms with E-state index in [-0.39, 0.29) is 23.7 Å². The predicted octanol–water partition coefficient (Wildman–Crippen LogP) is 5.07. The Labute approximate surface area is 152 Å². The van der Waals surface area contributed by atoms with E-state index in [1.165, 1.54) is 5.57 Å². The highest BCUT2D eigenvalue weighted by atomic mass is 19.4. The molecule has 3 nitrogen and oxygen atoms in total. The molecule has 6 atom stereocenters. The van der Waals surface area contributed by atoms with Gasteiger partial charge in [0, 0.05) is 5.41 Å². The zero-order valence-electron chi connectivity index (χ0n) is 15.4. The molecule has 3 saturated carbocycles. The standard InChI is InChI=1S/C20H28F3NO2/c1-17-8-5-13(24-26)11-12(17)3-4-14-15(17)6-9-18(2)16(14)7-10-19(18,25)20(21,22)23/h11,14-16,25-26H,3-10H2,1-2H3/b24-13-/t14-,15+,16+,17+,18+,19+/m1/s1. The van der Waals surface area contributed by atoms with Crippen LogP contribution in [0.4, 0.5) is 13.2 Å². The molecule has 4 aliphatic rings. The number of nitrogens with zero attached hydrogens (tertiary/aromatic N) is 1. The molecule has 26 heavy (non-hydrogen) atoms. The molecule has 0 aliphatic heterocycles. The molecular formula is C20H28F3NO2. The van der Waals surface area contributed by atoms with Crippen molar-refractivity contribution in [2.75, 3.05) is 0 Å². The van der Waals surface area contributed by atoms with Gasteiger partial charge in [-0.05, 0) is 80.6 Å². The zero-order chi connectivity index (χ0) is 19.0. The summed E-state index contributed by atoms with van der Waals surface area (Å²) < 4.78 is 41.1. The van der Waals surface area contributed by atoms with Gasteiger partial charge in [0.1, 0.15) is 0 Å². The molecule has 0 aromatic carbocycles. The van der Waals surface area contributed by atoms with Crippen LogP contribution in [-0.4, -0.2) is 27.8 Å². The molecule has 4 rings (SSSR count). The third kappa shape index (κ3) is 2.14. The SMILES string of the molecule is C[C@]12CC/C(=N/O)C=C1CC[C@@H]1[C@@H]2CC[C@@]2(C)[C@H]1CC[C@@]2(O)C(F)(F)F. The lowest BCUT2D eigenvalue weighted by Crippen LogP contribution is -2.60. The number of hydrogen-bond donors (Lipinski definition) is 2. The average Bonchev–Trinajstić information content (AvgIpc) is 2.86. The van der Waals surface area contributed by atoms with Crippen molar-refractivity contribution in [1.82, 2.24) is 0 Å². The van der Waals surface area contributed by atoms with Crippen LogP contribution in [0, 0.1) is 28.6 Å². The number of alkyl halides is 3. The lowest BCUT2D eigenvalue weighted by Gasteiger charge is -2.59. The largest absolute Gasteiger partial charge is 0.417 e. The van der Waals surface area contributed by atoms with Crippen LogP contribution in [0.1, 0.15) is 65.2 Å². The van der Waals surface area contributed by atoms with Gasteiger partial charge in [0.15, 0.2) is 5.60 Å². The van der Waals surface area contributed by atoms with Crippen molar-refractivity contribution in [2.24, 2.45) is 33.7 Å². The monoisotopic (exact) mass is 371 g/mol. The van der Waals surface area contributed by atoms with E-state index in [0.29, 0.717) is 30.9 Å². The predicted molar refractivity (Wildman–Crippen MR) is 91.9 cm³/mol. The molecule has 0 aromatic heterocycles. The highest BCUT2D eigenvalue weighted by Gasteiger charge is 2.72. The normalized spacial score (nSPS) is 50.0. The molecular weight excluding hydrogens is 343 g/mol. The summed E-state index contributed by atoms with van der Waals surface area (Å²) in [5, 5.41) is 23.1. The summed E-state index contributed by atoms with van der Waals surface area (Å²) in [6.45, 7) is 3.93. The summed E-state index contributed by atoms with van der Waals surface area (Å²) in [7, 11) is 0. The maximum Gasteiger partial charge on any atom is 0.417 e. The van der Waals surface area contributed by atoms with Gasteiger partial charge in [0.05, 0.1) is 5.71 Å². The quantitative estimate of drug-likeness (QED) is 0.461. The van der Waals surface area contributed by atoms with E-state index >= 15 is 0 Å². The van der Waals surface area contributed by atoms with Crippen molar-refractivity contribution in [1.29, 1.82) is 0 Å². The first-order valence-electron chi connectivity index (χ1n) is 9.78. The first-order valence-corrected chi connectivity index (χ1v) is 9.78. The molecule has 0 unspecified atom stereocenters. The highest BCUT2D eigenvalue weighted by molar-refractivity contribution is 5.96. The lowest BCUT2D eigenvalue weighted by molar-refractivity contribution is -0.303.